The Kier molecular flexibility index (Phi) is 8.56. The maximum atomic E-state index is 11.4. The minimum atomic E-state index is -0.130. The molecule has 0 saturated carbocycles. The highest BCUT2D eigenvalue weighted by Crippen LogP contribution is 2.18. The number of amides is 1. The molecule has 1 aromatic carbocycles. The lowest BCUT2D eigenvalue weighted by molar-refractivity contribution is -0.121. The molecule has 0 spiro atoms. The number of nitrogens with two attached hydrogens (primary N) is 1. The van der Waals surface area contributed by atoms with Gasteiger partial charge in [-0.3, -0.25) is 4.79 Å². The molecule has 0 fully saturated rings. The molecule has 0 aliphatic rings. The summed E-state index contributed by atoms with van der Waals surface area (Å²) in [5.74, 6) is 0.628. The molecule has 0 aliphatic heterocycles. The van der Waals surface area contributed by atoms with Gasteiger partial charge in [-0.1, -0.05) is 17.7 Å². The fourth-order valence-corrected chi connectivity index (χ4v) is 1.62. The summed E-state index contributed by atoms with van der Waals surface area (Å²) in [6.07, 6.45) is 0.199. The molecule has 19 heavy (non-hydrogen) atoms. The van der Waals surface area contributed by atoms with Crippen LogP contribution >= 0.6 is 24.0 Å². The van der Waals surface area contributed by atoms with Crippen molar-refractivity contribution >= 4 is 29.9 Å². The van der Waals surface area contributed by atoms with Crippen molar-refractivity contribution in [3.8, 4) is 5.75 Å². The first-order valence-corrected chi connectivity index (χ1v) is 6.29. The third-order valence-corrected chi connectivity index (χ3v) is 2.46. The molecule has 1 rings (SSSR count). The molecule has 0 aromatic heterocycles. The fraction of sp³-hybridized carbons (Fsp3) is 0.462. The van der Waals surface area contributed by atoms with Crippen LogP contribution in [0, 0.1) is 0 Å². The molecule has 3 N–H and O–H groups in total. The van der Waals surface area contributed by atoms with Gasteiger partial charge in [0.05, 0.1) is 6.54 Å². The zero-order chi connectivity index (χ0) is 13.5. The normalized spacial score (nSPS) is 13.1. The molecular weight excluding hydrogens is 287 g/mol. The lowest BCUT2D eigenvalue weighted by Crippen LogP contribution is -2.36. The van der Waals surface area contributed by atoms with E-state index in [-0.39, 0.29) is 30.5 Å². The third kappa shape index (κ3) is 7.93. The van der Waals surface area contributed by atoms with Crippen molar-refractivity contribution in [1.29, 1.82) is 0 Å². The molecule has 1 aromatic rings. The minimum Gasteiger partial charge on any atom is -0.489 e. The standard InChI is InChI=1S/C13H19ClN2O2.ClH/c1-9(15)6-13(17)16-8-10(2)18-12-5-3-4-11(14)7-12;/h3-5,7,9-10H,6,8,15H2,1-2H3,(H,16,17);1H. The second-order valence-corrected chi connectivity index (χ2v) is 4.81. The van der Waals surface area contributed by atoms with Gasteiger partial charge in [-0.2, -0.15) is 0 Å². The monoisotopic (exact) mass is 306 g/mol. The number of hydrogen-bond acceptors (Lipinski definition) is 3. The van der Waals surface area contributed by atoms with Crippen molar-refractivity contribution in [2.24, 2.45) is 5.73 Å². The average Bonchev–Trinajstić information content (AvgIpc) is 2.25. The Labute approximate surface area is 125 Å². The molecule has 4 nitrogen and oxygen atoms in total. The average molecular weight is 307 g/mol. The summed E-state index contributed by atoms with van der Waals surface area (Å²) < 4.78 is 5.62. The van der Waals surface area contributed by atoms with E-state index in [2.05, 4.69) is 5.32 Å². The lowest BCUT2D eigenvalue weighted by Gasteiger charge is -2.16. The van der Waals surface area contributed by atoms with Crippen LogP contribution in [0.15, 0.2) is 24.3 Å². The van der Waals surface area contributed by atoms with Gasteiger partial charge in [-0.25, -0.2) is 0 Å². The molecule has 0 heterocycles. The van der Waals surface area contributed by atoms with Gasteiger partial charge in [0.25, 0.3) is 0 Å². The molecule has 0 bridgehead atoms. The zero-order valence-corrected chi connectivity index (χ0v) is 12.6. The van der Waals surface area contributed by atoms with Crippen LogP contribution in [-0.2, 0) is 4.79 Å². The largest absolute Gasteiger partial charge is 0.489 e. The van der Waals surface area contributed by atoms with Gasteiger partial charge in [0, 0.05) is 17.5 Å². The predicted octanol–water partition coefficient (Wildman–Crippen LogP) is 2.38. The van der Waals surface area contributed by atoms with Crippen LogP contribution < -0.4 is 15.8 Å². The zero-order valence-electron chi connectivity index (χ0n) is 11.1. The summed E-state index contributed by atoms with van der Waals surface area (Å²) in [6, 6.07) is 7.03. The van der Waals surface area contributed by atoms with Crippen LogP contribution in [0.2, 0.25) is 5.02 Å². The van der Waals surface area contributed by atoms with Gasteiger partial charge in [0.15, 0.2) is 0 Å². The van der Waals surface area contributed by atoms with Crippen molar-refractivity contribution in [2.75, 3.05) is 6.54 Å². The predicted molar refractivity (Wildman–Crippen MR) is 80.1 cm³/mol. The van der Waals surface area contributed by atoms with Crippen molar-refractivity contribution in [3.63, 3.8) is 0 Å². The molecule has 108 valence electrons. The van der Waals surface area contributed by atoms with E-state index in [4.69, 9.17) is 22.1 Å². The number of carbonyl (C=O) groups excluding carboxylic acids is 1. The Morgan fingerprint density at radius 3 is 2.74 bits per heavy atom. The highest BCUT2D eigenvalue weighted by molar-refractivity contribution is 6.30. The van der Waals surface area contributed by atoms with E-state index in [1.807, 2.05) is 19.1 Å². The van der Waals surface area contributed by atoms with Crippen LogP contribution in [0.25, 0.3) is 0 Å². The van der Waals surface area contributed by atoms with Crippen LogP contribution in [-0.4, -0.2) is 24.6 Å². The van der Waals surface area contributed by atoms with Gasteiger partial charge in [0.1, 0.15) is 11.9 Å². The van der Waals surface area contributed by atoms with Crippen molar-refractivity contribution in [2.45, 2.75) is 32.4 Å². The summed E-state index contributed by atoms with van der Waals surface area (Å²) in [5.41, 5.74) is 5.53. The summed E-state index contributed by atoms with van der Waals surface area (Å²) in [4.78, 5) is 11.4. The smallest absolute Gasteiger partial charge is 0.221 e. The molecule has 6 heteroatoms. The number of ether oxygens (including phenoxy) is 1. The Morgan fingerprint density at radius 2 is 2.16 bits per heavy atom. The summed E-state index contributed by atoms with van der Waals surface area (Å²) in [6.45, 7) is 4.12. The van der Waals surface area contributed by atoms with E-state index < -0.39 is 0 Å². The molecule has 0 saturated heterocycles. The first kappa shape index (κ1) is 18.0. The Bertz CT molecular complexity index is 400. The first-order valence-electron chi connectivity index (χ1n) is 5.92. The molecule has 2 unspecified atom stereocenters. The van der Waals surface area contributed by atoms with E-state index in [1.165, 1.54) is 0 Å². The molecule has 0 aliphatic carbocycles. The lowest BCUT2D eigenvalue weighted by atomic mass is 10.2. The van der Waals surface area contributed by atoms with E-state index in [0.717, 1.165) is 0 Å². The minimum absolute atomic E-state index is 0. The number of nitrogens with one attached hydrogen (secondary N) is 1. The molecule has 0 radical (unpaired) electrons. The highest BCUT2D eigenvalue weighted by atomic mass is 35.5. The SMILES string of the molecule is CC(N)CC(=O)NCC(C)Oc1cccc(Cl)c1.Cl. The number of carbonyl (C=O) groups is 1. The van der Waals surface area contributed by atoms with E-state index in [0.29, 0.717) is 23.7 Å². The maximum Gasteiger partial charge on any atom is 0.221 e. The van der Waals surface area contributed by atoms with Crippen molar-refractivity contribution in [3.05, 3.63) is 29.3 Å². The summed E-state index contributed by atoms with van der Waals surface area (Å²) in [5, 5.41) is 3.40. The van der Waals surface area contributed by atoms with E-state index in [1.54, 1.807) is 19.1 Å². The number of halogens is 2. The maximum absolute atomic E-state index is 11.4. The van der Waals surface area contributed by atoms with E-state index in [9.17, 15) is 4.79 Å². The van der Waals surface area contributed by atoms with E-state index >= 15 is 0 Å². The second-order valence-electron chi connectivity index (χ2n) is 4.37. The molecule has 1 amide bonds. The number of benzene rings is 1. The van der Waals surface area contributed by atoms with Crippen molar-refractivity contribution in [1.82, 2.24) is 5.32 Å². The topological polar surface area (TPSA) is 64.4 Å². The summed E-state index contributed by atoms with van der Waals surface area (Å²) in [7, 11) is 0. The van der Waals surface area contributed by atoms with Crippen LogP contribution in [0.1, 0.15) is 20.3 Å². The number of hydrogen-bond donors (Lipinski definition) is 2. The summed E-state index contributed by atoms with van der Waals surface area (Å²) >= 11 is 5.85. The van der Waals surface area contributed by atoms with Gasteiger partial charge >= 0.3 is 0 Å². The van der Waals surface area contributed by atoms with Gasteiger partial charge in [0.2, 0.25) is 5.91 Å². The van der Waals surface area contributed by atoms with Gasteiger partial charge < -0.3 is 15.8 Å². The quantitative estimate of drug-likeness (QED) is 0.848. The third-order valence-electron chi connectivity index (χ3n) is 2.23. The van der Waals surface area contributed by atoms with Gasteiger partial charge in [-0.05, 0) is 32.0 Å². The van der Waals surface area contributed by atoms with Gasteiger partial charge in [-0.15, -0.1) is 12.4 Å². The number of rotatable bonds is 6. The van der Waals surface area contributed by atoms with Crippen molar-refractivity contribution < 1.29 is 9.53 Å². The fourth-order valence-electron chi connectivity index (χ4n) is 1.44. The van der Waals surface area contributed by atoms with Crippen LogP contribution in [0.4, 0.5) is 0 Å². The van der Waals surface area contributed by atoms with Crippen LogP contribution in [0.5, 0.6) is 5.75 Å². The second kappa shape index (κ2) is 9.02. The van der Waals surface area contributed by atoms with Crippen LogP contribution in [0.3, 0.4) is 0 Å². The highest BCUT2D eigenvalue weighted by Gasteiger charge is 2.08. The first-order chi connectivity index (χ1) is 8.47. The Hall–Kier alpha value is -0.970. The molecule has 2 atom stereocenters. The molecular formula is C13H20Cl2N2O2. The Morgan fingerprint density at radius 1 is 1.47 bits per heavy atom. The Balaban J connectivity index is 0.00000324.